The second kappa shape index (κ2) is 54.6. The Kier molecular flexibility index (Phi) is 54.0. The normalized spacial score (nSPS) is 12.0. The van der Waals surface area contributed by atoms with E-state index in [1.165, 1.54) is 270 Å². The number of hydrogen-bond acceptors (Lipinski definition) is 5. The molecule has 0 saturated carbocycles. The summed E-state index contributed by atoms with van der Waals surface area (Å²) >= 11 is 1.86. The molecule has 0 aromatic rings. The highest BCUT2D eigenvalue weighted by Gasteiger charge is 2.17. The third-order valence-corrected chi connectivity index (χ3v) is 14.3. The van der Waals surface area contributed by atoms with Gasteiger partial charge in [0, 0.05) is 18.6 Å². The fourth-order valence-corrected chi connectivity index (χ4v) is 9.87. The fraction of sp³-hybridized carbons (Fsp3) is 0.965. The van der Waals surface area contributed by atoms with Crippen LogP contribution < -0.4 is 0 Å². The lowest BCUT2D eigenvalue weighted by molar-refractivity contribution is -0.157. The van der Waals surface area contributed by atoms with Gasteiger partial charge in [0.15, 0.2) is 0 Å². The lowest BCUT2D eigenvalue weighted by Crippen LogP contribution is -2.27. The van der Waals surface area contributed by atoms with Crippen LogP contribution in [0, 0.1) is 0 Å². The van der Waals surface area contributed by atoms with Crippen molar-refractivity contribution in [3.63, 3.8) is 0 Å². The van der Waals surface area contributed by atoms with Gasteiger partial charge in [-0.05, 0) is 25.0 Å². The average molecular weight is 894 g/mol. The van der Waals surface area contributed by atoms with E-state index in [0.717, 1.165) is 37.2 Å². The highest BCUT2D eigenvalue weighted by atomic mass is 32.2. The smallest absolute Gasteiger partial charge is 0.306 e. The molecular weight excluding hydrogens is 781 g/mol. The lowest BCUT2D eigenvalue weighted by Gasteiger charge is -2.18. The van der Waals surface area contributed by atoms with E-state index in [4.69, 9.17) is 9.47 Å². The summed E-state index contributed by atoms with van der Waals surface area (Å²) in [5, 5.41) is 0. The van der Waals surface area contributed by atoms with Gasteiger partial charge in [0.2, 0.25) is 0 Å². The molecule has 0 aliphatic rings. The van der Waals surface area contributed by atoms with Crippen molar-refractivity contribution in [1.82, 2.24) is 0 Å². The van der Waals surface area contributed by atoms with Gasteiger partial charge in [-0.15, -0.1) is 0 Å². The van der Waals surface area contributed by atoms with E-state index in [-0.39, 0.29) is 24.6 Å². The maximum absolute atomic E-state index is 12.9. The van der Waals surface area contributed by atoms with Gasteiger partial charge in [-0.1, -0.05) is 297 Å². The molecule has 370 valence electrons. The number of esters is 2. The van der Waals surface area contributed by atoms with Crippen LogP contribution in [0.25, 0.3) is 0 Å². The zero-order valence-electron chi connectivity index (χ0n) is 42.7. The van der Waals surface area contributed by atoms with Crippen LogP contribution >= 0.6 is 11.8 Å². The molecule has 0 unspecified atom stereocenters. The van der Waals surface area contributed by atoms with Gasteiger partial charge in [-0.2, -0.15) is 11.8 Å². The average Bonchev–Trinajstić information content (AvgIpc) is 3.27. The number of hydrogen-bond donors (Lipinski definition) is 0. The fourth-order valence-electron chi connectivity index (χ4n) is 8.87. The van der Waals surface area contributed by atoms with E-state index >= 15 is 0 Å². The summed E-state index contributed by atoms with van der Waals surface area (Å²) in [5.74, 6) is 1.55. The van der Waals surface area contributed by atoms with Gasteiger partial charge in [0.25, 0.3) is 0 Å². The van der Waals surface area contributed by atoms with E-state index in [0.29, 0.717) is 12.8 Å². The second-order valence-corrected chi connectivity index (χ2v) is 20.7. The number of thioether (sulfide) groups is 1. The molecule has 0 aliphatic heterocycles. The summed E-state index contributed by atoms with van der Waals surface area (Å²) in [4.78, 5) is 25.5. The first-order valence-corrected chi connectivity index (χ1v) is 29.7. The molecule has 0 heterocycles. The Bertz CT molecular complexity index is 864. The number of unbranched alkanes of at least 4 members (excludes halogenated alkanes) is 43. The minimum Gasteiger partial charge on any atom is -0.462 e. The molecule has 0 spiro atoms. The quantitative estimate of drug-likeness (QED) is 0.0450. The minimum atomic E-state index is -0.338. The Morgan fingerprint density at radius 2 is 0.565 bits per heavy atom. The predicted octanol–water partition coefficient (Wildman–Crippen LogP) is 20.0. The van der Waals surface area contributed by atoms with Crippen LogP contribution in [-0.4, -0.2) is 36.2 Å². The molecular formula is C57H112O4S. The molecule has 5 heteroatoms. The van der Waals surface area contributed by atoms with Crippen molar-refractivity contribution >= 4 is 23.7 Å². The van der Waals surface area contributed by atoms with Gasteiger partial charge in [0.05, 0.1) is 0 Å². The van der Waals surface area contributed by atoms with Crippen LogP contribution in [0.1, 0.15) is 329 Å². The molecule has 0 aromatic heterocycles. The molecule has 0 radical (unpaired) electrons. The maximum Gasteiger partial charge on any atom is 0.306 e. The van der Waals surface area contributed by atoms with E-state index in [2.05, 4.69) is 20.8 Å². The van der Waals surface area contributed by atoms with Crippen LogP contribution in [-0.2, 0) is 19.1 Å². The third kappa shape index (κ3) is 51.9. The Morgan fingerprint density at radius 1 is 0.323 bits per heavy atom. The molecule has 0 N–H and O–H groups in total. The van der Waals surface area contributed by atoms with Crippen molar-refractivity contribution in [2.24, 2.45) is 0 Å². The first kappa shape index (κ1) is 61.3. The van der Waals surface area contributed by atoms with E-state index in [1.54, 1.807) is 0 Å². The summed E-state index contributed by atoms with van der Waals surface area (Å²) in [6.07, 6.45) is 62.3. The SMILES string of the molecule is CCCCCCCCCCCCCCCCCCSC[C@@H](COC(=O)CCCCCCCCCCCCCCCCC)OC(=O)CCCCCCCCCCCCCCCCC. The van der Waals surface area contributed by atoms with Crippen LogP contribution in [0.4, 0.5) is 0 Å². The molecule has 0 aliphatic carbocycles. The highest BCUT2D eigenvalue weighted by Crippen LogP contribution is 2.19. The Labute approximate surface area is 394 Å². The molecule has 1 atom stereocenters. The van der Waals surface area contributed by atoms with E-state index in [9.17, 15) is 9.59 Å². The van der Waals surface area contributed by atoms with Gasteiger partial charge in [-0.25, -0.2) is 0 Å². The van der Waals surface area contributed by atoms with Crippen molar-refractivity contribution in [2.45, 2.75) is 335 Å². The van der Waals surface area contributed by atoms with Crippen LogP contribution in [0.3, 0.4) is 0 Å². The Morgan fingerprint density at radius 3 is 0.855 bits per heavy atom. The summed E-state index contributed by atoms with van der Waals surface area (Å²) in [6, 6.07) is 0. The minimum absolute atomic E-state index is 0.119. The van der Waals surface area contributed by atoms with Crippen LogP contribution in [0.5, 0.6) is 0 Å². The molecule has 4 nitrogen and oxygen atoms in total. The third-order valence-electron chi connectivity index (χ3n) is 13.1. The van der Waals surface area contributed by atoms with Crippen molar-refractivity contribution in [2.75, 3.05) is 18.1 Å². The molecule has 0 saturated heterocycles. The number of carbonyl (C=O) groups excluding carboxylic acids is 2. The maximum atomic E-state index is 12.9. The van der Waals surface area contributed by atoms with Crippen LogP contribution in [0.2, 0.25) is 0 Å². The number of ether oxygens (including phenoxy) is 2. The van der Waals surface area contributed by atoms with E-state index in [1.807, 2.05) is 11.8 Å². The largest absolute Gasteiger partial charge is 0.462 e. The number of rotatable bonds is 54. The lowest BCUT2D eigenvalue weighted by atomic mass is 10.0. The first-order valence-electron chi connectivity index (χ1n) is 28.6. The van der Waals surface area contributed by atoms with Crippen molar-refractivity contribution < 1.29 is 19.1 Å². The highest BCUT2D eigenvalue weighted by molar-refractivity contribution is 7.99. The van der Waals surface area contributed by atoms with Crippen LogP contribution in [0.15, 0.2) is 0 Å². The standard InChI is InChI=1S/C57H112O4S/c1-4-7-10-13-16-19-22-25-28-31-34-37-40-43-46-49-52-62-54-55(61-57(59)51-48-45-42-39-36-33-30-27-24-21-18-15-12-9-6-3)53-60-56(58)50-47-44-41-38-35-32-29-26-23-20-17-14-11-8-5-2/h55H,4-54H2,1-3H3/t55-/m1/s1. The van der Waals surface area contributed by atoms with E-state index < -0.39 is 0 Å². The molecule has 0 amide bonds. The molecule has 0 fully saturated rings. The van der Waals surface area contributed by atoms with Gasteiger partial charge in [0.1, 0.15) is 12.7 Å². The molecule has 62 heavy (non-hydrogen) atoms. The van der Waals surface area contributed by atoms with Crippen molar-refractivity contribution in [3.8, 4) is 0 Å². The Hall–Kier alpha value is -0.710. The molecule has 0 rings (SSSR count). The Balaban J connectivity index is 4.18. The summed E-state index contributed by atoms with van der Waals surface area (Å²) in [5.41, 5.74) is 0. The van der Waals surface area contributed by atoms with Gasteiger partial charge >= 0.3 is 11.9 Å². The number of carbonyl (C=O) groups is 2. The summed E-state index contributed by atoms with van der Waals surface area (Å²) in [7, 11) is 0. The predicted molar refractivity (Wildman–Crippen MR) is 277 cm³/mol. The van der Waals surface area contributed by atoms with Gasteiger partial charge in [-0.3, -0.25) is 9.59 Å². The van der Waals surface area contributed by atoms with Gasteiger partial charge < -0.3 is 9.47 Å². The zero-order valence-corrected chi connectivity index (χ0v) is 43.5. The van der Waals surface area contributed by atoms with Crippen molar-refractivity contribution in [1.29, 1.82) is 0 Å². The summed E-state index contributed by atoms with van der Waals surface area (Å²) in [6.45, 7) is 7.07. The van der Waals surface area contributed by atoms with Crippen molar-refractivity contribution in [3.05, 3.63) is 0 Å². The monoisotopic (exact) mass is 893 g/mol. The first-order chi connectivity index (χ1) is 30.6. The molecule has 0 aromatic carbocycles. The molecule has 0 bridgehead atoms. The topological polar surface area (TPSA) is 52.6 Å². The second-order valence-electron chi connectivity index (χ2n) is 19.6. The zero-order chi connectivity index (χ0) is 44.9. The summed E-state index contributed by atoms with van der Waals surface area (Å²) < 4.78 is 11.7.